The molecule has 118 valence electrons. The largest absolute Gasteiger partial charge is 0.323 e. The molecule has 0 unspecified atom stereocenters. The first-order chi connectivity index (χ1) is 11.8. The van der Waals surface area contributed by atoms with Crippen LogP contribution in [-0.4, -0.2) is 30.8 Å². The van der Waals surface area contributed by atoms with Crippen molar-refractivity contribution >= 4 is 29.2 Å². The third-order valence-corrected chi connectivity index (χ3v) is 4.29. The van der Waals surface area contributed by atoms with Gasteiger partial charge in [-0.3, -0.25) is 4.98 Å². The number of anilines is 2. The van der Waals surface area contributed by atoms with Crippen molar-refractivity contribution in [2.45, 2.75) is 4.90 Å². The Balaban J connectivity index is 1.70. The number of hydrogen-bond acceptors (Lipinski definition) is 6. The molecule has 0 saturated heterocycles. The number of aromatic nitrogens is 5. The molecule has 0 aliphatic heterocycles. The number of benzene rings is 1. The molecule has 6 nitrogen and oxygen atoms in total. The lowest BCUT2D eigenvalue weighted by Gasteiger charge is -2.03. The van der Waals surface area contributed by atoms with Gasteiger partial charge in [-0.1, -0.05) is 0 Å². The average molecular weight is 334 g/mol. The Morgan fingerprint density at radius 1 is 1.04 bits per heavy atom. The van der Waals surface area contributed by atoms with E-state index in [4.69, 9.17) is 0 Å². The zero-order valence-electron chi connectivity index (χ0n) is 12.9. The lowest BCUT2D eigenvalue weighted by molar-refractivity contribution is 0.949. The van der Waals surface area contributed by atoms with Gasteiger partial charge in [0.05, 0.1) is 5.69 Å². The van der Waals surface area contributed by atoms with Crippen LogP contribution < -0.4 is 5.32 Å². The highest BCUT2D eigenvalue weighted by Crippen LogP contribution is 2.21. The standard InChI is InChI=1S/C17H14N6S/c1-24-14-6-4-13(5-7-14)20-16-21-17-19-10-8-15(23(17)22-16)12-3-2-9-18-11-12/h2-11H,1H3,(H,20,22). The second-order valence-corrected chi connectivity index (χ2v) is 5.95. The van der Waals surface area contributed by atoms with Gasteiger partial charge in [-0.25, -0.2) is 4.98 Å². The van der Waals surface area contributed by atoms with E-state index < -0.39 is 0 Å². The fraction of sp³-hybridized carbons (Fsp3) is 0.0588. The van der Waals surface area contributed by atoms with Gasteiger partial charge in [0.25, 0.3) is 5.78 Å². The van der Waals surface area contributed by atoms with E-state index in [1.165, 1.54) is 4.90 Å². The first kappa shape index (κ1) is 14.6. The molecule has 0 saturated carbocycles. The molecule has 1 N–H and O–H groups in total. The van der Waals surface area contributed by atoms with E-state index in [-0.39, 0.29) is 0 Å². The van der Waals surface area contributed by atoms with E-state index in [2.05, 4.69) is 43.8 Å². The van der Waals surface area contributed by atoms with Crippen LogP contribution >= 0.6 is 11.8 Å². The number of pyridine rings is 1. The molecule has 1 aromatic carbocycles. The number of nitrogens with one attached hydrogen (secondary N) is 1. The van der Waals surface area contributed by atoms with E-state index in [0.717, 1.165) is 16.9 Å². The predicted molar refractivity (Wildman–Crippen MR) is 95.5 cm³/mol. The third-order valence-electron chi connectivity index (χ3n) is 3.54. The summed E-state index contributed by atoms with van der Waals surface area (Å²) in [5, 5.41) is 7.74. The second-order valence-electron chi connectivity index (χ2n) is 5.07. The van der Waals surface area contributed by atoms with Crippen molar-refractivity contribution in [1.82, 2.24) is 24.6 Å². The maximum absolute atomic E-state index is 4.53. The molecule has 4 aromatic rings. The summed E-state index contributed by atoms with van der Waals surface area (Å²) in [6.07, 6.45) is 7.32. The van der Waals surface area contributed by atoms with Crippen LogP contribution in [-0.2, 0) is 0 Å². The van der Waals surface area contributed by atoms with Crippen molar-refractivity contribution in [2.75, 3.05) is 11.6 Å². The van der Waals surface area contributed by atoms with Gasteiger partial charge >= 0.3 is 0 Å². The molecular formula is C17H14N6S. The molecular weight excluding hydrogens is 320 g/mol. The van der Waals surface area contributed by atoms with Crippen LogP contribution in [0.3, 0.4) is 0 Å². The maximum atomic E-state index is 4.53. The molecule has 3 heterocycles. The number of rotatable bonds is 4. The van der Waals surface area contributed by atoms with Crippen LogP contribution in [0.25, 0.3) is 17.0 Å². The molecule has 0 amide bonds. The minimum Gasteiger partial charge on any atom is -0.323 e. The van der Waals surface area contributed by atoms with E-state index in [9.17, 15) is 0 Å². The van der Waals surface area contributed by atoms with Gasteiger partial charge in [0.2, 0.25) is 5.95 Å². The first-order valence-corrected chi connectivity index (χ1v) is 8.59. The van der Waals surface area contributed by atoms with E-state index in [1.807, 2.05) is 30.3 Å². The molecule has 0 spiro atoms. The van der Waals surface area contributed by atoms with Gasteiger partial charge in [-0.15, -0.1) is 16.9 Å². The van der Waals surface area contributed by atoms with Crippen LogP contribution in [0.1, 0.15) is 0 Å². The quantitative estimate of drug-likeness (QED) is 0.575. The van der Waals surface area contributed by atoms with Crippen molar-refractivity contribution in [3.63, 3.8) is 0 Å². The molecule has 0 aliphatic rings. The zero-order valence-corrected chi connectivity index (χ0v) is 13.7. The van der Waals surface area contributed by atoms with Gasteiger partial charge in [-0.05, 0) is 48.7 Å². The summed E-state index contributed by atoms with van der Waals surface area (Å²) in [7, 11) is 0. The molecule has 0 aliphatic carbocycles. The van der Waals surface area contributed by atoms with Gasteiger partial charge in [0.1, 0.15) is 0 Å². The Labute approximate surface area is 143 Å². The molecule has 0 bridgehead atoms. The summed E-state index contributed by atoms with van der Waals surface area (Å²) in [6.45, 7) is 0. The van der Waals surface area contributed by atoms with Crippen LogP contribution in [0.2, 0.25) is 0 Å². The summed E-state index contributed by atoms with van der Waals surface area (Å²) in [5.74, 6) is 1.05. The molecule has 0 radical (unpaired) electrons. The Hall–Kier alpha value is -2.93. The summed E-state index contributed by atoms with van der Waals surface area (Å²) in [6, 6.07) is 13.9. The van der Waals surface area contributed by atoms with E-state index >= 15 is 0 Å². The molecule has 0 fully saturated rings. The monoisotopic (exact) mass is 334 g/mol. The summed E-state index contributed by atoms with van der Waals surface area (Å²) in [4.78, 5) is 14.1. The second kappa shape index (κ2) is 6.29. The van der Waals surface area contributed by atoms with Crippen LogP contribution in [0, 0.1) is 0 Å². The van der Waals surface area contributed by atoms with Gasteiger partial charge in [-0.2, -0.15) is 9.50 Å². The Morgan fingerprint density at radius 2 is 1.92 bits per heavy atom. The summed E-state index contributed by atoms with van der Waals surface area (Å²) >= 11 is 1.71. The minimum atomic E-state index is 0.510. The van der Waals surface area contributed by atoms with Crippen LogP contribution in [0.5, 0.6) is 0 Å². The highest BCUT2D eigenvalue weighted by molar-refractivity contribution is 7.98. The Bertz CT molecular complexity index is 965. The van der Waals surface area contributed by atoms with Crippen molar-refractivity contribution in [1.29, 1.82) is 0 Å². The van der Waals surface area contributed by atoms with Gasteiger partial charge in [0.15, 0.2) is 0 Å². The number of thioether (sulfide) groups is 1. The fourth-order valence-electron chi connectivity index (χ4n) is 2.38. The molecule has 4 rings (SSSR count). The molecule has 24 heavy (non-hydrogen) atoms. The molecule has 7 heteroatoms. The fourth-order valence-corrected chi connectivity index (χ4v) is 2.79. The number of nitrogens with zero attached hydrogens (tertiary/aromatic N) is 5. The van der Waals surface area contributed by atoms with Crippen molar-refractivity contribution in [2.24, 2.45) is 0 Å². The lowest BCUT2D eigenvalue weighted by Crippen LogP contribution is -1.97. The molecule has 3 aromatic heterocycles. The summed E-state index contributed by atoms with van der Waals surface area (Å²) < 4.78 is 1.72. The van der Waals surface area contributed by atoms with Crippen molar-refractivity contribution in [3.05, 3.63) is 61.1 Å². The summed E-state index contributed by atoms with van der Waals surface area (Å²) in [5.41, 5.74) is 2.80. The van der Waals surface area contributed by atoms with Crippen LogP contribution in [0.4, 0.5) is 11.6 Å². The topological polar surface area (TPSA) is 68.0 Å². The van der Waals surface area contributed by atoms with Gasteiger partial charge < -0.3 is 5.32 Å². The van der Waals surface area contributed by atoms with Crippen LogP contribution in [0.15, 0.2) is 66.0 Å². The van der Waals surface area contributed by atoms with Crippen molar-refractivity contribution in [3.8, 4) is 11.3 Å². The minimum absolute atomic E-state index is 0.510. The Kier molecular flexibility index (Phi) is 3.84. The third kappa shape index (κ3) is 2.81. The molecule has 0 atom stereocenters. The predicted octanol–water partition coefficient (Wildman–Crippen LogP) is 3.65. The van der Waals surface area contributed by atoms with E-state index in [1.54, 1.807) is 34.9 Å². The van der Waals surface area contributed by atoms with E-state index in [0.29, 0.717) is 11.7 Å². The first-order valence-electron chi connectivity index (χ1n) is 7.37. The van der Waals surface area contributed by atoms with Crippen molar-refractivity contribution < 1.29 is 0 Å². The smallest absolute Gasteiger partial charge is 0.254 e. The Morgan fingerprint density at radius 3 is 2.67 bits per heavy atom. The van der Waals surface area contributed by atoms with Gasteiger partial charge in [0, 0.05) is 34.7 Å². The average Bonchev–Trinajstić information content (AvgIpc) is 3.05. The zero-order chi connectivity index (χ0) is 16.4. The SMILES string of the molecule is CSc1ccc(Nc2nc3nccc(-c4cccnc4)n3n2)cc1. The number of fused-ring (bicyclic) bond motifs is 1. The number of hydrogen-bond donors (Lipinski definition) is 1. The highest BCUT2D eigenvalue weighted by Gasteiger charge is 2.10. The highest BCUT2D eigenvalue weighted by atomic mass is 32.2. The lowest BCUT2D eigenvalue weighted by atomic mass is 10.2. The maximum Gasteiger partial charge on any atom is 0.254 e. The normalized spacial score (nSPS) is 10.9.